The Labute approximate surface area is 83.7 Å². The molecule has 0 aromatic heterocycles. The lowest BCUT2D eigenvalue weighted by molar-refractivity contribution is 0.0570. The normalized spacial score (nSPS) is 13.8. The predicted octanol–water partition coefficient (Wildman–Crippen LogP) is 2.10. The quantitative estimate of drug-likeness (QED) is 0.723. The van der Waals surface area contributed by atoms with Crippen LogP contribution in [-0.4, -0.2) is 36.1 Å². The fraction of sp³-hybridized carbons (Fsp3) is 1.00. The van der Waals surface area contributed by atoms with Crippen LogP contribution in [0.5, 0.6) is 0 Å². The fourth-order valence-corrected chi connectivity index (χ4v) is 1.46. The highest BCUT2D eigenvalue weighted by molar-refractivity contribution is 4.88. The zero-order chi connectivity index (χ0) is 10.7. The first-order chi connectivity index (χ1) is 5.72. The number of hydrogen-bond donors (Lipinski definition) is 1. The van der Waals surface area contributed by atoms with Gasteiger partial charge in [0.1, 0.15) is 0 Å². The second-order valence-electron chi connectivity index (χ2n) is 5.32. The summed E-state index contributed by atoms with van der Waals surface area (Å²) in [4.78, 5) is 2.42. The van der Waals surface area contributed by atoms with Gasteiger partial charge in [-0.15, -0.1) is 0 Å². The first kappa shape index (κ1) is 12.9. The van der Waals surface area contributed by atoms with Crippen molar-refractivity contribution in [2.24, 2.45) is 0 Å². The lowest BCUT2D eigenvalue weighted by Crippen LogP contribution is -2.56. The first-order valence-electron chi connectivity index (χ1n) is 5.16. The Kier molecular flexibility index (Phi) is 4.40. The van der Waals surface area contributed by atoms with Gasteiger partial charge in [-0.05, 0) is 48.2 Å². The SMILES string of the molecule is CCNCC(C)(C)N(C)C(C)(C)C. The highest BCUT2D eigenvalue weighted by Gasteiger charge is 2.30. The van der Waals surface area contributed by atoms with Crippen molar-refractivity contribution in [3.05, 3.63) is 0 Å². The largest absolute Gasteiger partial charge is 0.315 e. The van der Waals surface area contributed by atoms with Crippen LogP contribution < -0.4 is 5.32 Å². The second-order valence-corrected chi connectivity index (χ2v) is 5.32. The minimum Gasteiger partial charge on any atom is -0.315 e. The predicted molar refractivity (Wildman–Crippen MR) is 60.1 cm³/mol. The molecule has 0 rings (SSSR count). The molecule has 0 saturated carbocycles. The van der Waals surface area contributed by atoms with Crippen molar-refractivity contribution >= 4 is 0 Å². The summed E-state index contributed by atoms with van der Waals surface area (Å²) in [6.07, 6.45) is 0. The van der Waals surface area contributed by atoms with E-state index in [1.54, 1.807) is 0 Å². The van der Waals surface area contributed by atoms with Crippen molar-refractivity contribution in [3.63, 3.8) is 0 Å². The lowest BCUT2D eigenvalue weighted by Gasteiger charge is -2.44. The summed E-state index contributed by atoms with van der Waals surface area (Å²) in [7, 11) is 2.19. The van der Waals surface area contributed by atoms with E-state index >= 15 is 0 Å². The van der Waals surface area contributed by atoms with E-state index in [0.29, 0.717) is 0 Å². The number of nitrogens with zero attached hydrogens (tertiary/aromatic N) is 1. The summed E-state index contributed by atoms with van der Waals surface area (Å²) >= 11 is 0. The average Bonchev–Trinajstić information content (AvgIpc) is 1.98. The average molecular weight is 186 g/mol. The lowest BCUT2D eigenvalue weighted by atomic mass is 9.95. The van der Waals surface area contributed by atoms with Crippen LogP contribution >= 0.6 is 0 Å². The van der Waals surface area contributed by atoms with E-state index in [1.165, 1.54) is 0 Å². The van der Waals surface area contributed by atoms with Crippen molar-refractivity contribution in [3.8, 4) is 0 Å². The Bertz CT molecular complexity index is 145. The molecule has 2 heteroatoms. The first-order valence-corrected chi connectivity index (χ1v) is 5.16. The van der Waals surface area contributed by atoms with Crippen molar-refractivity contribution in [1.82, 2.24) is 10.2 Å². The monoisotopic (exact) mass is 186 g/mol. The van der Waals surface area contributed by atoms with Gasteiger partial charge >= 0.3 is 0 Å². The molecule has 0 bridgehead atoms. The Morgan fingerprint density at radius 2 is 1.54 bits per heavy atom. The van der Waals surface area contributed by atoms with Crippen molar-refractivity contribution in [2.75, 3.05) is 20.1 Å². The standard InChI is InChI=1S/C11H26N2/c1-8-12-9-11(5,6)13(7)10(2,3)4/h12H,8-9H2,1-7H3. The molecule has 0 unspecified atom stereocenters. The molecule has 0 atom stereocenters. The Hall–Kier alpha value is -0.0800. The van der Waals surface area contributed by atoms with Gasteiger partial charge in [-0.3, -0.25) is 4.90 Å². The van der Waals surface area contributed by atoms with Crippen LogP contribution in [0.15, 0.2) is 0 Å². The summed E-state index contributed by atoms with van der Waals surface area (Å²) in [6.45, 7) is 15.5. The van der Waals surface area contributed by atoms with Gasteiger partial charge in [0.25, 0.3) is 0 Å². The molecule has 0 aliphatic carbocycles. The molecule has 80 valence electrons. The summed E-state index contributed by atoms with van der Waals surface area (Å²) < 4.78 is 0. The third-order valence-corrected chi connectivity index (χ3v) is 2.72. The van der Waals surface area contributed by atoms with Gasteiger partial charge in [-0.2, -0.15) is 0 Å². The van der Waals surface area contributed by atoms with E-state index in [2.05, 4.69) is 58.8 Å². The maximum atomic E-state index is 3.40. The van der Waals surface area contributed by atoms with E-state index < -0.39 is 0 Å². The summed E-state index contributed by atoms with van der Waals surface area (Å²) in [5.41, 5.74) is 0.452. The molecule has 0 radical (unpaired) electrons. The van der Waals surface area contributed by atoms with E-state index in [9.17, 15) is 0 Å². The molecule has 0 aromatic rings. The van der Waals surface area contributed by atoms with Crippen LogP contribution in [0.3, 0.4) is 0 Å². The van der Waals surface area contributed by atoms with Gasteiger partial charge in [0.2, 0.25) is 0 Å². The molecule has 0 heterocycles. The molecular formula is C11H26N2. The third kappa shape index (κ3) is 4.10. The zero-order valence-electron chi connectivity index (χ0n) is 10.4. The maximum absolute atomic E-state index is 3.40. The minimum absolute atomic E-state index is 0.217. The van der Waals surface area contributed by atoms with E-state index in [4.69, 9.17) is 0 Å². The maximum Gasteiger partial charge on any atom is 0.0279 e. The molecule has 0 aliphatic rings. The van der Waals surface area contributed by atoms with Gasteiger partial charge in [-0.1, -0.05) is 6.92 Å². The molecule has 0 saturated heterocycles. The highest BCUT2D eigenvalue weighted by atomic mass is 15.2. The van der Waals surface area contributed by atoms with Crippen LogP contribution in [0, 0.1) is 0 Å². The Morgan fingerprint density at radius 3 is 1.85 bits per heavy atom. The van der Waals surface area contributed by atoms with Crippen molar-refractivity contribution < 1.29 is 0 Å². The van der Waals surface area contributed by atoms with E-state index in [1.807, 2.05) is 0 Å². The van der Waals surface area contributed by atoms with Crippen LogP contribution in [0.2, 0.25) is 0 Å². The van der Waals surface area contributed by atoms with Crippen molar-refractivity contribution in [2.45, 2.75) is 52.6 Å². The molecule has 0 spiro atoms. The third-order valence-electron chi connectivity index (χ3n) is 2.72. The van der Waals surface area contributed by atoms with Gasteiger partial charge in [0, 0.05) is 17.6 Å². The summed E-state index contributed by atoms with van der Waals surface area (Å²) in [5.74, 6) is 0. The Morgan fingerprint density at radius 1 is 1.08 bits per heavy atom. The molecular weight excluding hydrogens is 160 g/mol. The topological polar surface area (TPSA) is 15.3 Å². The fourth-order valence-electron chi connectivity index (χ4n) is 1.46. The molecule has 13 heavy (non-hydrogen) atoms. The van der Waals surface area contributed by atoms with Gasteiger partial charge in [0.15, 0.2) is 0 Å². The number of nitrogens with one attached hydrogen (secondary N) is 1. The van der Waals surface area contributed by atoms with Gasteiger partial charge in [-0.25, -0.2) is 0 Å². The van der Waals surface area contributed by atoms with Gasteiger partial charge in [0.05, 0.1) is 0 Å². The second kappa shape index (κ2) is 4.43. The number of likely N-dealkylation sites (N-methyl/N-ethyl adjacent to an activating group) is 2. The molecule has 0 aliphatic heterocycles. The Balaban J connectivity index is 4.27. The van der Waals surface area contributed by atoms with E-state index in [-0.39, 0.29) is 11.1 Å². The number of hydrogen-bond acceptors (Lipinski definition) is 2. The minimum atomic E-state index is 0.217. The molecule has 2 nitrogen and oxygen atoms in total. The van der Waals surface area contributed by atoms with Crippen LogP contribution in [-0.2, 0) is 0 Å². The number of rotatable bonds is 4. The summed E-state index contributed by atoms with van der Waals surface area (Å²) in [5, 5.41) is 3.40. The molecule has 0 amide bonds. The van der Waals surface area contributed by atoms with Crippen LogP contribution in [0.1, 0.15) is 41.5 Å². The van der Waals surface area contributed by atoms with Crippen LogP contribution in [0.25, 0.3) is 0 Å². The van der Waals surface area contributed by atoms with E-state index in [0.717, 1.165) is 13.1 Å². The summed E-state index contributed by atoms with van der Waals surface area (Å²) in [6, 6.07) is 0. The zero-order valence-corrected chi connectivity index (χ0v) is 10.4. The molecule has 0 fully saturated rings. The van der Waals surface area contributed by atoms with Gasteiger partial charge < -0.3 is 5.32 Å². The highest BCUT2D eigenvalue weighted by Crippen LogP contribution is 2.21. The molecule has 0 aromatic carbocycles. The smallest absolute Gasteiger partial charge is 0.0279 e. The van der Waals surface area contributed by atoms with Crippen molar-refractivity contribution in [1.29, 1.82) is 0 Å². The van der Waals surface area contributed by atoms with Crippen LogP contribution in [0.4, 0.5) is 0 Å². The molecule has 1 N–H and O–H groups in total.